The Morgan fingerprint density at radius 1 is 1.12 bits per heavy atom. The van der Waals surface area contributed by atoms with Crippen LogP contribution in [0.3, 0.4) is 0 Å². The highest BCUT2D eigenvalue weighted by atomic mass is 32.1. The fourth-order valence-electron chi connectivity index (χ4n) is 5.17. The summed E-state index contributed by atoms with van der Waals surface area (Å²) in [6, 6.07) is 9.93. The molecular formula is C25H28FN3O2S. The van der Waals surface area contributed by atoms with Crippen molar-refractivity contribution in [3.63, 3.8) is 0 Å². The molecule has 1 fully saturated rings. The Labute approximate surface area is 191 Å². The molecule has 2 aromatic heterocycles. The van der Waals surface area contributed by atoms with Crippen molar-refractivity contribution in [2.45, 2.75) is 70.0 Å². The molecule has 3 heterocycles. The molecule has 5 nitrogen and oxygen atoms in total. The highest BCUT2D eigenvalue weighted by Gasteiger charge is 2.49. The van der Waals surface area contributed by atoms with Gasteiger partial charge in [-0.3, -0.25) is 14.5 Å². The van der Waals surface area contributed by atoms with E-state index in [0.717, 1.165) is 35.9 Å². The third kappa shape index (κ3) is 3.62. The number of benzene rings is 1. The third-order valence-electron chi connectivity index (χ3n) is 6.90. The maximum absolute atomic E-state index is 14.1. The van der Waals surface area contributed by atoms with E-state index >= 15 is 0 Å². The van der Waals surface area contributed by atoms with Gasteiger partial charge in [-0.15, -0.1) is 11.3 Å². The van der Waals surface area contributed by atoms with E-state index in [9.17, 15) is 14.0 Å². The van der Waals surface area contributed by atoms with E-state index in [0.29, 0.717) is 17.9 Å². The fourth-order valence-corrected chi connectivity index (χ4v) is 6.00. The van der Waals surface area contributed by atoms with E-state index < -0.39 is 11.4 Å². The number of hydrogen-bond donors (Lipinski definition) is 1. The number of hydrogen-bond acceptors (Lipinski definition) is 3. The number of rotatable bonds is 3. The van der Waals surface area contributed by atoms with Crippen molar-refractivity contribution in [2.75, 3.05) is 4.90 Å². The Kier molecular flexibility index (Phi) is 5.53. The molecule has 0 spiro atoms. The minimum Gasteiger partial charge on any atom is -0.351 e. The van der Waals surface area contributed by atoms with Gasteiger partial charge in [0.05, 0.1) is 16.8 Å². The fraction of sp³-hybridized carbons (Fsp3) is 0.440. The Bertz CT molecular complexity index is 1160. The molecule has 2 amide bonds. The zero-order valence-electron chi connectivity index (χ0n) is 18.3. The number of carbonyl (C=O) groups excluding carboxylic acids is 2. The molecule has 1 aromatic carbocycles. The van der Waals surface area contributed by atoms with Gasteiger partial charge < -0.3 is 9.88 Å². The highest BCUT2D eigenvalue weighted by molar-refractivity contribution is 7.17. The summed E-state index contributed by atoms with van der Waals surface area (Å²) in [4.78, 5) is 29.0. The molecule has 0 radical (unpaired) electrons. The molecule has 1 saturated carbocycles. The van der Waals surface area contributed by atoms with Crippen LogP contribution in [0, 0.1) is 5.82 Å². The van der Waals surface area contributed by atoms with Crippen LogP contribution < -0.4 is 10.2 Å². The van der Waals surface area contributed by atoms with Gasteiger partial charge >= 0.3 is 0 Å². The number of nitrogens with one attached hydrogen (secondary N) is 1. The summed E-state index contributed by atoms with van der Waals surface area (Å²) < 4.78 is 17.1. The van der Waals surface area contributed by atoms with Crippen molar-refractivity contribution in [2.24, 2.45) is 0 Å². The lowest BCUT2D eigenvalue weighted by Gasteiger charge is -2.44. The largest absolute Gasteiger partial charge is 0.351 e. The molecule has 7 heteroatoms. The first kappa shape index (κ1) is 21.2. The van der Waals surface area contributed by atoms with Crippen molar-refractivity contribution in [1.29, 1.82) is 0 Å². The maximum Gasteiger partial charge on any atom is 0.275 e. The summed E-state index contributed by atoms with van der Waals surface area (Å²) in [5, 5.41) is 5.25. The van der Waals surface area contributed by atoms with Crippen LogP contribution in [0.2, 0.25) is 0 Å². The van der Waals surface area contributed by atoms with Crippen LogP contribution in [0.5, 0.6) is 0 Å². The summed E-state index contributed by atoms with van der Waals surface area (Å²) in [7, 11) is 0. The Morgan fingerprint density at radius 3 is 2.62 bits per heavy atom. The van der Waals surface area contributed by atoms with Gasteiger partial charge in [0.15, 0.2) is 0 Å². The van der Waals surface area contributed by atoms with Crippen molar-refractivity contribution in [3.8, 4) is 0 Å². The molecule has 5 rings (SSSR count). The van der Waals surface area contributed by atoms with Gasteiger partial charge in [0, 0.05) is 11.7 Å². The van der Waals surface area contributed by atoms with Crippen LogP contribution in [0.1, 0.15) is 62.4 Å². The van der Waals surface area contributed by atoms with Crippen molar-refractivity contribution in [3.05, 3.63) is 53.3 Å². The number of aromatic nitrogens is 1. The molecule has 1 aliphatic heterocycles. The zero-order chi connectivity index (χ0) is 22.3. The van der Waals surface area contributed by atoms with Gasteiger partial charge in [-0.05, 0) is 55.5 Å². The van der Waals surface area contributed by atoms with Crippen LogP contribution in [0.4, 0.5) is 10.1 Å². The molecule has 32 heavy (non-hydrogen) atoms. The zero-order valence-corrected chi connectivity index (χ0v) is 19.1. The lowest BCUT2D eigenvalue weighted by atomic mass is 9.91. The van der Waals surface area contributed by atoms with Crippen molar-refractivity contribution in [1.82, 2.24) is 9.88 Å². The summed E-state index contributed by atoms with van der Waals surface area (Å²) in [6.45, 7) is 2.12. The second-order valence-electron chi connectivity index (χ2n) is 9.20. The first-order valence-electron chi connectivity index (χ1n) is 11.5. The van der Waals surface area contributed by atoms with E-state index in [1.807, 2.05) is 22.1 Å². The summed E-state index contributed by atoms with van der Waals surface area (Å²) in [6.07, 6.45) is 7.77. The third-order valence-corrected chi connectivity index (χ3v) is 7.75. The van der Waals surface area contributed by atoms with Gasteiger partial charge in [0.1, 0.15) is 17.1 Å². The number of nitrogens with zero attached hydrogens (tertiary/aromatic N) is 2. The van der Waals surface area contributed by atoms with E-state index in [1.54, 1.807) is 30.4 Å². The molecule has 0 unspecified atom stereocenters. The summed E-state index contributed by atoms with van der Waals surface area (Å²) in [5.74, 6) is -0.885. The maximum atomic E-state index is 14.1. The first-order chi connectivity index (χ1) is 15.5. The number of amides is 2. The van der Waals surface area contributed by atoms with Crippen LogP contribution in [0.15, 0.2) is 41.8 Å². The Balaban J connectivity index is 1.55. The minimum atomic E-state index is -1.17. The summed E-state index contributed by atoms with van der Waals surface area (Å²) in [5.41, 5.74) is 0.726. The summed E-state index contributed by atoms with van der Waals surface area (Å²) >= 11 is 1.57. The quantitative estimate of drug-likeness (QED) is 0.570. The Morgan fingerprint density at radius 2 is 1.88 bits per heavy atom. The number of thiophene rings is 1. The standard InChI is InChI=1S/C25H28FN3O2S/c1-25(24(31)27-18-9-5-3-2-4-6-10-18)16-28-20-12-13-32-22(20)15-21(28)23(30)29(25)19-11-7-8-17(26)14-19/h7-8,11-15,18H,2-6,9-10,16H2,1H3,(H,27,31)/t25-/m0/s1. The smallest absolute Gasteiger partial charge is 0.275 e. The molecule has 0 saturated heterocycles. The lowest BCUT2D eigenvalue weighted by Crippen LogP contribution is -2.65. The monoisotopic (exact) mass is 453 g/mol. The topological polar surface area (TPSA) is 54.3 Å². The van der Waals surface area contributed by atoms with Crippen LogP contribution in [-0.4, -0.2) is 28.0 Å². The molecule has 3 aromatic rings. The van der Waals surface area contributed by atoms with Gasteiger partial charge in [0.25, 0.3) is 5.91 Å². The van der Waals surface area contributed by atoms with Gasteiger partial charge in [-0.2, -0.15) is 0 Å². The number of halogens is 1. The van der Waals surface area contributed by atoms with Gasteiger partial charge in [0.2, 0.25) is 5.91 Å². The van der Waals surface area contributed by atoms with Crippen molar-refractivity contribution < 1.29 is 14.0 Å². The molecule has 0 bridgehead atoms. The molecule has 168 valence electrons. The van der Waals surface area contributed by atoms with Gasteiger partial charge in [-0.1, -0.05) is 38.2 Å². The normalized spacial score (nSPS) is 22.4. The van der Waals surface area contributed by atoms with E-state index in [2.05, 4.69) is 5.32 Å². The second kappa shape index (κ2) is 8.35. The van der Waals surface area contributed by atoms with Crippen LogP contribution in [0.25, 0.3) is 10.2 Å². The SMILES string of the molecule is C[C@@]1(C(=O)NC2CCCCCCC2)Cn2c(cc3sccc32)C(=O)N1c1cccc(F)c1. The number of fused-ring (bicyclic) bond motifs is 3. The lowest BCUT2D eigenvalue weighted by molar-refractivity contribution is -0.127. The average Bonchev–Trinajstić information content (AvgIpc) is 3.32. The molecule has 2 aliphatic rings. The predicted octanol–water partition coefficient (Wildman–Crippen LogP) is 5.49. The minimum absolute atomic E-state index is 0.108. The molecular weight excluding hydrogens is 425 g/mol. The molecule has 1 atom stereocenters. The van der Waals surface area contributed by atoms with Crippen molar-refractivity contribution >= 4 is 39.1 Å². The predicted molar refractivity (Wildman–Crippen MR) is 126 cm³/mol. The van der Waals surface area contributed by atoms with Crippen LogP contribution >= 0.6 is 11.3 Å². The van der Waals surface area contributed by atoms with E-state index in [-0.39, 0.29) is 17.9 Å². The number of carbonyl (C=O) groups is 2. The molecule has 1 N–H and O–H groups in total. The van der Waals surface area contributed by atoms with Gasteiger partial charge in [-0.25, -0.2) is 4.39 Å². The van der Waals surface area contributed by atoms with Crippen LogP contribution in [-0.2, 0) is 11.3 Å². The Hall–Kier alpha value is -2.67. The number of anilines is 1. The molecule has 1 aliphatic carbocycles. The second-order valence-corrected chi connectivity index (χ2v) is 10.1. The highest BCUT2D eigenvalue weighted by Crippen LogP contribution is 2.37. The van der Waals surface area contributed by atoms with E-state index in [1.165, 1.54) is 36.3 Å². The van der Waals surface area contributed by atoms with E-state index in [4.69, 9.17) is 0 Å². The average molecular weight is 454 g/mol. The first-order valence-corrected chi connectivity index (χ1v) is 12.3.